The maximum Gasteiger partial charge on any atom is 0.0728 e. The molecule has 0 aromatic heterocycles. The smallest absolute Gasteiger partial charge is 0.0728 e. The summed E-state index contributed by atoms with van der Waals surface area (Å²) < 4.78 is 0. The summed E-state index contributed by atoms with van der Waals surface area (Å²) in [5.74, 6) is 0. The van der Waals surface area contributed by atoms with Gasteiger partial charge in [-0.15, -0.1) is 0 Å². The number of hydrogen-bond acceptors (Lipinski definition) is 2. The molecule has 0 aliphatic carbocycles. The van der Waals surface area contributed by atoms with Gasteiger partial charge in [-0.3, -0.25) is 0 Å². The molecule has 0 aromatic carbocycles. The lowest BCUT2D eigenvalue weighted by Crippen LogP contribution is -1.91. The summed E-state index contributed by atoms with van der Waals surface area (Å²) in [6.07, 6.45) is 2.04. The number of hydrogen-bond donors (Lipinski definition) is 1. The Morgan fingerprint density at radius 2 is 2.38 bits per heavy atom. The van der Waals surface area contributed by atoms with Crippen molar-refractivity contribution in [2.75, 3.05) is 0 Å². The topological polar surface area (TPSA) is 47.6 Å². The van der Waals surface area contributed by atoms with E-state index in [9.17, 15) is 0 Å². The van der Waals surface area contributed by atoms with Crippen molar-refractivity contribution in [3.63, 3.8) is 0 Å². The second-order valence-electron chi connectivity index (χ2n) is 1.69. The quantitative estimate of drug-likeness (QED) is 0.552. The van der Waals surface area contributed by atoms with Gasteiger partial charge < -0.3 is 5.41 Å². The second kappa shape index (κ2) is 4.32. The fraction of sp³-hybridized carbons (Fsp3) is 0.667. The highest BCUT2D eigenvalue weighted by Gasteiger charge is 1.90. The SMILES string of the molecule is CCCC(=N)CC#N. The summed E-state index contributed by atoms with van der Waals surface area (Å²) in [6.45, 7) is 2.01. The molecule has 0 saturated heterocycles. The lowest BCUT2D eigenvalue weighted by Gasteiger charge is -1.90. The zero-order valence-corrected chi connectivity index (χ0v) is 5.07. The third-order valence-corrected chi connectivity index (χ3v) is 0.844. The van der Waals surface area contributed by atoms with Gasteiger partial charge >= 0.3 is 0 Å². The average molecular weight is 110 g/mol. The van der Waals surface area contributed by atoms with Crippen LogP contribution in [0.2, 0.25) is 0 Å². The van der Waals surface area contributed by atoms with E-state index >= 15 is 0 Å². The third kappa shape index (κ3) is 3.35. The Morgan fingerprint density at radius 1 is 1.75 bits per heavy atom. The fourth-order valence-corrected chi connectivity index (χ4v) is 0.486. The van der Waals surface area contributed by atoms with Gasteiger partial charge in [0.2, 0.25) is 0 Å². The van der Waals surface area contributed by atoms with Gasteiger partial charge in [-0.1, -0.05) is 13.3 Å². The van der Waals surface area contributed by atoms with E-state index in [0.717, 1.165) is 12.8 Å². The van der Waals surface area contributed by atoms with E-state index in [4.69, 9.17) is 10.7 Å². The first-order valence-electron chi connectivity index (χ1n) is 2.74. The highest BCUT2D eigenvalue weighted by molar-refractivity contribution is 5.83. The predicted molar refractivity (Wildman–Crippen MR) is 32.9 cm³/mol. The molecule has 0 fully saturated rings. The van der Waals surface area contributed by atoms with Crippen LogP contribution < -0.4 is 0 Å². The van der Waals surface area contributed by atoms with Gasteiger partial charge in [-0.05, 0) is 6.42 Å². The first kappa shape index (κ1) is 7.16. The van der Waals surface area contributed by atoms with E-state index in [1.807, 2.05) is 13.0 Å². The Labute approximate surface area is 49.6 Å². The Bertz CT molecular complexity index is 110. The standard InChI is InChI=1S/C6H10N2/c1-2-3-6(8)4-5-7/h8H,2-4H2,1H3. The Kier molecular flexibility index (Phi) is 3.87. The molecule has 44 valence electrons. The normalized spacial score (nSPS) is 8.00. The van der Waals surface area contributed by atoms with E-state index in [1.54, 1.807) is 0 Å². The summed E-state index contributed by atoms with van der Waals surface area (Å²) in [6, 6.07) is 1.93. The van der Waals surface area contributed by atoms with Crippen LogP contribution in [-0.4, -0.2) is 5.71 Å². The molecular weight excluding hydrogens is 100 g/mol. The first-order valence-corrected chi connectivity index (χ1v) is 2.74. The van der Waals surface area contributed by atoms with Gasteiger partial charge in [-0.2, -0.15) is 5.26 Å². The molecule has 0 aliphatic heterocycles. The van der Waals surface area contributed by atoms with Crippen molar-refractivity contribution in [3.05, 3.63) is 0 Å². The molecule has 0 rings (SSSR count). The summed E-state index contributed by atoms with van der Waals surface area (Å²) in [5.41, 5.74) is 0.551. The molecule has 0 atom stereocenters. The zero-order chi connectivity index (χ0) is 6.41. The number of nitriles is 1. The van der Waals surface area contributed by atoms with E-state index in [1.165, 1.54) is 0 Å². The Balaban J connectivity index is 3.23. The summed E-state index contributed by atoms with van der Waals surface area (Å²) in [7, 11) is 0. The Hall–Kier alpha value is -0.840. The van der Waals surface area contributed by atoms with Crippen molar-refractivity contribution >= 4 is 5.71 Å². The lowest BCUT2D eigenvalue weighted by molar-refractivity contribution is 0.971. The number of nitrogens with zero attached hydrogens (tertiary/aromatic N) is 1. The molecule has 0 saturated carbocycles. The number of rotatable bonds is 3. The highest BCUT2D eigenvalue weighted by atomic mass is 14.4. The Morgan fingerprint density at radius 3 is 2.75 bits per heavy atom. The molecule has 0 aromatic rings. The maximum atomic E-state index is 8.07. The molecule has 0 unspecified atom stereocenters. The van der Waals surface area contributed by atoms with E-state index in [2.05, 4.69) is 0 Å². The van der Waals surface area contributed by atoms with Crippen LogP contribution in [0.15, 0.2) is 0 Å². The molecule has 2 heteroatoms. The van der Waals surface area contributed by atoms with Crippen molar-refractivity contribution in [1.82, 2.24) is 0 Å². The van der Waals surface area contributed by atoms with Crippen LogP contribution in [-0.2, 0) is 0 Å². The predicted octanol–water partition coefficient (Wildman–Crippen LogP) is 1.72. The molecule has 1 N–H and O–H groups in total. The van der Waals surface area contributed by atoms with Crippen LogP contribution in [0, 0.1) is 16.7 Å². The average Bonchev–Trinajstić information content (AvgIpc) is 1.68. The van der Waals surface area contributed by atoms with Crippen molar-refractivity contribution in [1.29, 1.82) is 10.7 Å². The molecule has 0 aliphatic rings. The largest absolute Gasteiger partial charge is 0.309 e. The van der Waals surface area contributed by atoms with Crippen LogP contribution in [0.5, 0.6) is 0 Å². The number of nitrogens with one attached hydrogen (secondary N) is 1. The van der Waals surface area contributed by atoms with Gasteiger partial charge in [-0.25, -0.2) is 0 Å². The van der Waals surface area contributed by atoms with Crippen LogP contribution in [0.3, 0.4) is 0 Å². The van der Waals surface area contributed by atoms with Gasteiger partial charge in [0.05, 0.1) is 12.5 Å². The van der Waals surface area contributed by atoms with Crippen molar-refractivity contribution in [3.8, 4) is 6.07 Å². The van der Waals surface area contributed by atoms with Crippen LogP contribution in [0.4, 0.5) is 0 Å². The van der Waals surface area contributed by atoms with Crippen LogP contribution in [0.25, 0.3) is 0 Å². The van der Waals surface area contributed by atoms with Crippen LogP contribution >= 0.6 is 0 Å². The fourth-order valence-electron chi connectivity index (χ4n) is 0.486. The van der Waals surface area contributed by atoms with Gasteiger partial charge in [0, 0.05) is 5.71 Å². The zero-order valence-electron chi connectivity index (χ0n) is 5.07. The summed E-state index contributed by atoms with van der Waals surface area (Å²) >= 11 is 0. The minimum absolute atomic E-state index is 0.299. The lowest BCUT2D eigenvalue weighted by atomic mass is 10.2. The molecule has 0 heterocycles. The molecule has 0 amide bonds. The molecule has 2 nitrogen and oxygen atoms in total. The molecule has 0 radical (unpaired) electrons. The van der Waals surface area contributed by atoms with E-state index in [0.29, 0.717) is 12.1 Å². The summed E-state index contributed by atoms with van der Waals surface area (Å²) in [4.78, 5) is 0. The third-order valence-electron chi connectivity index (χ3n) is 0.844. The van der Waals surface area contributed by atoms with E-state index in [-0.39, 0.29) is 0 Å². The van der Waals surface area contributed by atoms with Crippen molar-refractivity contribution in [2.24, 2.45) is 0 Å². The first-order chi connectivity index (χ1) is 3.81. The molecule has 8 heavy (non-hydrogen) atoms. The van der Waals surface area contributed by atoms with Gasteiger partial charge in [0.1, 0.15) is 0 Å². The maximum absolute atomic E-state index is 8.07. The second-order valence-corrected chi connectivity index (χ2v) is 1.69. The summed E-state index contributed by atoms with van der Waals surface area (Å²) in [5, 5.41) is 15.1. The highest BCUT2D eigenvalue weighted by Crippen LogP contribution is 1.91. The molecule has 0 bridgehead atoms. The minimum Gasteiger partial charge on any atom is -0.309 e. The van der Waals surface area contributed by atoms with Gasteiger partial charge in [0.15, 0.2) is 0 Å². The van der Waals surface area contributed by atoms with Crippen molar-refractivity contribution in [2.45, 2.75) is 26.2 Å². The van der Waals surface area contributed by atoms with Crippen molar-refractivity contribution < 1.29 is 0 Å². The van der Waals surface area contributed by atoms with Crippen LogP contribution in [0.1, 0.15) is 26.2 Å². The van der Waals surface area contributed by atoms with E-state index < -0.39 is 0 Å². The monoisotopic (exact) mass is 110 g/mol. The minimum atomic E-state index is 0.299. The molecular formula is C6H10N2. The van der Waals surface area contributed by atoms with Gasteiger partial charge in [0.25, 0.3) is 0 Å². The molecule has 0 spiro atoms.